The summed E-state index contributed by atoms with van der Waals surface area (Å²) in [6.45, 7) is 0.155. The fourth-order valence-electron chi connectivity index (χ4n) is 2.31. The van der Waals surface area contributed by atoms with Gasteiger partial charge in [-0.1, -0.05) is 12.0 Å². The van der Waals surface area contributed by atoms with Gasteiger partial charge in [0.25, 0.3) is 5.91 Å². The number of methoxy groups -OCH3 is 1. The van der Waals surface area contributed by atoms with Gasteiger partial charge in [0, 0.05) is 6.54 Å². The van der Waals surface area contributed by atoms with E-state index in [2.05, 4.69) is 11.2 Å². The number of terminal acetylenes is 1. The fraction of sp³-hybridized carbons (Fsp3) is 0.267. The summed E-state index contributed by atoms with van der Waals surface area (Å²) in [4.78, 5) is 35.1. The van der Waals surface area contributed by atoms with E-state index < -0.39 is 23.8 Å². The minimum absolute atomic E-state index is 0.0158. The molecular weight excluding hydrogens is 305 g/mol. The standard InChI is InChI=1S/C15H14FN3O4/c1-3-10(18-15(22)17-8-20)7-19-6-9-4-5-11(23-2)13(16)12(9)14(19)21/h1,4-5,8,10H,6-7H2,2H3,(H2,17,18,20,22)/t10-/m1/s1. The number of carbonyl (C=O) groups excluding carboxylic acids is 3. The Labute approximate surface area is 131 Å². The van der Waals surface area contributed by atoms with E-state index in [9.17, 15) is 18.8 Å². The number of fused-ring (bicyclic) bond motifs is 1. The minimum atomic E-state index is -0.821. The Bertz CT molecular complexity index is 699. The lowest BCUT2D eigenvalue weighted by Crippen LogP contribution is -2.46. The molecule has 23 heavy (non-hydrogen) atoms. The SMILES string of the molecule is C#C[C@H](CN1Cc2ccc(OC)c(F)c2C1=O)NC(=O)NC=O. The molecule has 2 N–H and O–H groups in total. The Hall–Kier alpha value is -3.08. The first kappa shape index (κ1) is 16.3. The smallest absolute Gasteiger partial charge is 0.322 e. The number of benzene rings is 1. The molecule has 1 aromatic rings. The van der Waals surface area contributed by atoms with Crippen molar-refractivity contribution < 1.29 is 23.5 Å². The summed E-state index contributed by atoms with van der Waals surface area (Å²) in [5, 5.41) is 4.23. The summed E-state index contributed by atoms with van der Waals surface area (Å²) in [5.74, 6) is 1.03. The second kappa shape index (κ2) is 6.79. The molecule has 1 heterocycles. The maximum Gasteiger partial charge on any atom is 0.322 e. The number of imide groups is 1. The Balaban J connectivity index is 2.13. The van der Waals surface area contributed by atoms with E-state index in [4.69, 9.17) is 11.2 Å². The van der Waals surface area contributed by atoms with Crippen LogP contribution in [-0.4, -0.2) is 42.9 Å². The predicted molar refractivity (Wildman–Crippen MR) is 78.0 cm³/mol. The summed E-state index contributed by atoms with van der Waals surface area (Å²) in [6, 6.07) is 1.45. The van der Waals surface area contributed by atoms with Crippen molar-refractivity contribution in [3.63, 3.8) is 0 Å². The van der Waals surface area contributed by atoms with E-state index >= 15 is 0 Å². The number of hydrogen-bond donors (Lipinski definition) is 2. The van der Waals surface area contributed by atoms with Crippen molar-refractivity contribution in [3.8, 4) is 18.1 Å². The molecule has 0 aromatic heterocycles. The minimum Gasteiger partial charge on any atom is -0.494 e. The van der Waals surface area contributed by atoms with Crippen LogP contribution in [0.1, 0.15) is 15.9 Å². The number of carbonyl (C=O) groups is 3. The van der Waals surface area contributed by atoms with E-state index in [1.54, 1.807) is 6.07 Å². The maximum atomic E-state index is 14.2. The Morgan fingerprint density at radius 1 is 1.61 bits per heavy atom. The molecule has 0 saturated carbocycles. The highest BCUT2D eigenvalue weighted by atomic mass is 19.1. The van der Waals surface area contributed by atoms with Crippen molar-refractivity contribution in [1.82, 2.24) is 15.5 Å². The summed E-state index contributed by atoms with van der Waals surface area (Å²) in [5.41, 5.74) is 0.457. The molecule has 1 aromatic carbocycles. The van der Waals surface area contributed by atoms with E-state index in [-0.39, 0.29) is 30.8 Å². The first-order valence-corrected chi connectivity index (χ1v) is 6.63. The molecule has 0 saturated heterocycles. The number of amides is 4. The normalized spacial score (nSPS) is 13.8. The van der Waals surface area contributed by atoms with Crippen LogP contribution in [0.15, 0.2) is 12.1 Å². The second-order valence-electron chi connectivity index (χ2n) is 4.76. The Morgan fingerprint density at radius 3 is 2.96 bits per heavy atom. The summed E-state index contributed by atoms with van der Waals surface area (Å²) >= 11 is 0. The highest BCUT2D eigenvalue weighted by molar-refractivity contribution is 5.99. The average molecular weight is 319 g/mol. The number of ether oxygens (including phenoxy) is 1. The maximum absolute atomic E-state index is 14.2. The highest BCUT2D eigenvalue weighted by Gasteiger charge is 2.33. The van der Waals surface area contributed by atoms with Gasteiger partial charge in [-0.15, -0.1) is 6.42 Å². The molecule has 0 radical (unpaired) electrons. The Morgan fingerprint density at radius 2 is 2.35 bits per heavy atom. The zero-order chi connectivity index (χ0) is 17.0. The van der Waals surface area contributed by atoms with Gasteiger partial charge in [-0.05, 0) is 11.6 Å². The van der Waals surface area contributed by atoms with Crippen LogP contribution in [0.25, 0.3) is 0 Å². The molecule has 1 atom stereocenters. The molecule has 0 fully saturated rings. The zero-order valence-corrected chi connectivity index (χ0v) is 12.3. The second-order valence-corrected chi connectivity index (χ2v) is 4.76. The van der Waals surface area contributed by atoms with Crippen LogP contribution < -0.4 is 15.4 Å². The molecule has 4 amide bonds. The number of urea groups is 1. The third-order valence-electron chi connectivity index (χ3n) is 3.37. The largest absolute Gasteiger partial charge is 0.494 e. The van der Waals surface area contributed by atoms with Crippen LogP contribution in [0.3, 0.4) is 0 Å². The van der Waals surface area contributed by atoms with Crippen LogP contribution in [-0.2, 0) is 11.3 Å². The van der Waals surface area contributed by atoms with Gasteiger partial charge in [0.15, 0.2) is 11.6 Å². The van der Waals surface area contributed by atoms with E-state index in [0.717, 1.165) is 0 Å². The quantitative estimate of drug-likeness (QED) is 0.601. The van der Waals surface area contributed by atoms with Gasteiger partial charge >= 0.3 is 6.03 Å². The van der Waals surface area contributed by atoms with Crippen molar-refractivity contribution in [2.45, 2.75) is 12.6 Å². The van der Waals surface area contributed by atoms with Gasteiger partial charge in [-0.3, -0.25) is 14.9 Å². The molecule has 1 aliphatic heterocycles. The molecule has 0 spiro atoms. The molecule has 0 aliphatic carbocycles. The molecule has 120 valence electrons. The molecule has 1 aliphatic rings. The Kier molecular flexibility index (Phi) is 4.81. The van der Waals surface area contributed by atoms with E-state index in [1.807, 2.05) is 5.32 Å². The molecule has 2 rings (SSSR count). The lowest BCUT2D eigenvalue weighted by molar-refractivity contribution is -0.108. The van der Waals surface area contributed by atoms with Gasteiger partial charge in [0.1, 0.15) is 6.04 Å². The van der Waals surface area contributed by atoms with Crippen LogP contribution in [0.5, 0.6) is 5.75 Å². The summed E-state index contributed by atoms with van der Waals surface area (Å²) < 4.78 is 19.1. The van der Waals surface area contributed by atoms with E-state index in [0.29, 0.717) is 5.56 Å². The summed E-state index contributed by atoms with van der Waals surface area (Å²) in [6.07, 6.45) is 5.52. The van der Waals surface area contributed by atoms with Crippen LogP contribution >= 0.6 is 0 Å². The topological polar surface area (TPSA) is 87.7 Å². The average Bonchev–Trinajstić information content (AvgIpc) is 2.84. The molecule has 8 heteroatoms. The lowest BCUT2D eigenvalue weighted by Gasteiger charge is -2.20. The molecule has 0 unspecified atom stereocenters. The van der Waals surface area contributed by atoms with Crippen LogP contribution in [0.2, 0.25) is 0 Å². The van der Waals surface area contributed by atoms with Crippen molar-refractivity contribution in [2.24, 2.45) is 0 Å². The summed E-state index contributed by atoms with van der Waals surface area (Å²) in [7, 11) is 1.31. The van der Waals surface area contributed by atoms with Gasteiger partial charge < -0.3 is 15.0 Å². The molecule has 7 nitrogen and oxygen atoms in total. The highest BCUT2D eigenvalue weighted by Crippen LogP contribution is 2.30. The lowest BCUT2D eigenvalue weighted by atomic mass is 10.1. The first-order valence-electron chi connectivity index (χ1n) is 6.63. The van der Waals surface area contributed by atoms with Crippen molar-refractivity contribution >= 4 is 18.3 Å². The van der Waals surface area contributed by atoms with E-state index in [1.165, 1.54) is 18.1 Å². The number of rotatable bonds is 5. The number of nitrogens with one attached hydrogen (secondary N) is 2. The van der Waals surface area contributed by atoms with Gasteiger partial charge in [0.05, 0.1) is 19.2 Å². The number of hydrogen-bond acceptors (Lipinski definition) is 4. The predicted octanol–water partition coefficient (Wildman–Crippen LogP) is 0.247. The van der Waals surface area contributed by atoms with Crippen molar-refractivity contribution in [3.05, 3.63) is 29.1 Å². The third kappa shape index (κ3) is 3.23. The van der Waals surface area contributed by atoms with Gasteiger partial charge in [0.2, 0.25) is 6.41 Å². The van der Waals surface area contributed by atoms with Crippen molar-refractivity contribution in [1.29, 1.82) is 0 Å². The monoisotopic (exact) mass is 319 g/mol. The van der Waals surface area contributed by atoms with Crippen LogP contribution in [0.4, 0.5) is 9.18 Å². The molecular formula is C15H14FN3O4. The fourth-order valence-corrected chi connectivity index (χ4v) is 2.31. The van der Waals surface area contributed by atoms with Crippen molar-refractivity contribution in [2.75, 3.05) is 13.7 Å². The third-order valence-corrected chi connectivity index (χ3v) is 3.37. The van der Waals surface area contributed by atoms with Gasteiger partial charge in [-0.25, -0.2) is 9.18 Å². The number of nitrogens with zero attached hydrogens (tertiary/aromatic N) is 1. The van der Waals surface area contributed by atoms with Gasteiger partial charge in [-0.2, -0.15) is 0 Å². The zero-order valence-electron chi connectivity index (χ0n) is 12.3. The number of halogens is 1. The first-order chi connectivity index (χ1) is 11.0. The molecule has 0 bridgehead atoms. The van der Waals surface area contributed by atoms with Crippen LogP contribution in [0, 0.1) is 18.2 Å².